The highest BCUT2D eigenvalue weighted by atomic mass is 35.5. The molecule has 0 saturated heterocycles. The molecule has 0 aliphatic rings. The zero-order valence-electron chi connectivity index (χ0n) is 13.2. The fourth-order valence-corrected chi connectivity index (χ4v) is 2.42. The van der Waals surface area contributed by atoms with E-state index in [1.54, 1.807) is 12.1 Å². The third kappa shape index (κ3) is 5.12. The molecule has 5 heteroatoms. The SMILES string of the molecule is CCCCCC(C)NC(=O)c1cc(Cl)c(OC)c(OC)c1. The van der Waals surface area contributed by atoms with Gasteiger partial charge in [-0.25, -0.2) is 0 Å². The van der Waals surface area contributed by atoms with Gasteiger partial charge < -0.3 is 14.8 Å². The minimum absolute atomic E-state index is 0.135. The Morgan fingerprint density at radius 3 is 2.57 bits per heavy atom. The van der Waals surface area contributed by atoms with Gasteiger partial charge in [-0.3, -0.25) is 4.79 Å². The Kier molecular flexibility index (Phi) is 7.37. The van der Waals surface area contributed by atoms with E-state index in [-0.39, 0.29) is 11.9 Å². The van der Waals surface area contributed by atoms with Crippen molar-refractivity contribution in [2.45, 2.75) is 45.6 Å². The summed E-state index contributed by atoms with van der Waals surface area (Å²) in [6.45, 7) is 4.17. The number of amides is 1. The lowest BCUT2D eigenvalue weighted by Crippen LogP contribution is -2.32. The van der Waals surface area contributed by atoms with Crippen molar-refractivity contribution < 1.29 is 14.3 Å². The topological polar surface area (TPSA) is 47.6 Å². The average molecular weight is 314 g/mol. The predicted molar refractivity (Wildman–Crippen MR) is 85.6 cm³/mol. The van der Waals surface area contributed by atoms with E-state index in [0.717, 1.165) is 12.8 Å². The van der Waals surface area contributed by atoms with Crippen molar-refractivity contribution in [1.82, 2.24) is 5.32 Å². The molecule has 1 N–H and O–H groups in total. The first kappa shape index (κ1) is 17.6. The Labute approximate surface area is 131 Å². The number of carbonyl (C=O) groups is 1. The number of halogens is 1. The van der Waals surface area contributed by atoms with Gasteiger partial charge in [-0.15, -0.1) is 0 Å². The monoisotopic (exact) mass is 313 g/mol. The summed E-state index contributed by atoms with van der Waals surface area (Å²) in [5.41, 5.74) is 0.472. The minimum atomic E-state index is -0.151. The van der Waals surface area contributed by atoms with Gasteiger partial charge in [0, 0.05) is 11.6 Å². The normalized spacial score (nSPS) is 11.9. The van der Waals surface area contributed by atoms with Gasteiger partial charge in [-0.05, 0) is 25.5 Å². The number of hydrogen-bond acceptors (Lipinski definition) is 3. The molecule has 1 aromatic rings. The maximum Gasteiger partial charge on any atom is 0.251 e. The Morgan fingerprint density at radius 1 is 1.29 bits per heavy atom. The number of methoxy groups -OCH3 is 2. The first-order valence-corrected chi connectivity index (χ1v) is 7.63. The molecule has 0 saturated carbocycles. The summed E-state index contributed by atoms with van der Waals surface area (Å²) >= 11 is 6.11. The smallest absolute Gasteiger partial charge is 0.251 e. The van der Waals surface area contributed by atoms with Crippen LogP contribution < -0.4 is 14.8 Å². The molecule has 1 rings (SSSR count). The number of nitrogens with one attached hydrogen (secondary N) is 1. The van der Waals surface area contributed by atoms with Crippen molar-refractivity contribution >= 4 is 17.5 Å². The van der Waals surface area contributed by atoms with Gasteiger partial charge in [-0.1, -0.05) is 37.8 Å². The number of unbranched alkanes of at least 4 members (excludes halogenated alkanes) is 2. The van der Waals surface area contributed by atoms with E-state index in [0.29, 0.717) is 22.1 Å². The number of carbonyl (C=O) groups excluding carboxylic acids is 1. The van der Waals surface area contributed by atoms with Crippen LogP contribution in [0.5, 0.6) is 11.5 Å². The summed E-state index contributed by atoms with van der Waals surface area (Å²) in [7, 11) is 3.03. The van der Waals surface area contributed by atoms with Crippen LogP contribution in [-0.2, 0) is 0 Å². The second-order valence-electron chi connectivity index (χ2n) is 5.06. The predicted octanol–water partition coefficient (Wildman–Crippen LogP) is 4.06. The molecule has 0 aliphatic heterocycles. The van der Waals surface area contributed by atoms with E-state index >= 15 is 0 Å². The first-order chi connectivity index (χ1) is 10.0. The van der Waals surface area contributed by atoms with Crippen molar-refractivity contribution in [2.24, 2.45) is 0 Å². The highest BCUT2D eigenvalue weighted by Gasteiger charge is 2.16. The van der Waals surface area contributed by atoms with Crippen LogP contribution in [0.25, 0.3) is 0 Å². The number of benzene rings is 1. The summed E-state index contributed by atoms with van der Waals surface area (Å²) in [4.78, 5) is 12.2. The summed E-state index contributed by atoms with van der Waals surface area (Å²) in [6.07, 6.45) is 4.44. The molecular weight excluding hydrogens is 290 g/mol. The maximum atomic E-state index is 12.2. The van der Waals surface area contributed by atoms with Crippen LogP contribution in [0.15, 0.2) is 12.1 Å². The molecule has 0 heterocycles. The second kappa shape index (κ2) is 8.78. The zero-order chi connectivity index (χ0) is 15.8. The van der Waals surface area contributed by atoms with Crippen LogP contribution in [0, 0.1) is 0 Å². The van der Waals surface area contributed by atoms with Gasteiger partial charge in [0.2, 0.25) is 0 Å². The van der Waals surface area contributed by atoms with Crippen LogP contribution in [-0.4, -0.2) is 26.2 Å². The van der Waals surface area contributed by atoms with E-state index in [9.17, 15) is 4.79 Å². The average Bonchev–Trinajstić information content (AvgIpc) is 2.46. The van der Waals surface area contributed by atoms with Crippen molar-refractivity contribution in [1.29, 1.82) is 0 Å². The second-order valence-corrected chi connectivity index (χ2v) is 5.47. The number of ether oxygens (including phenoxy) is 2. The Balaban J connectivity index is 2.76. The van der Waals surface area contributed by atoms with Crippen LogP contribution in [0.2, 0.25) is 5.02 Å². The Bertz CT molecular complexity index is 477. The fourth-order valence-electron chi connectivity index (χ4n) is 2.13. The molecule has 0 fully saturated rings. The van der Waals surface area contributed by atoms with Crippen molar-refractivity contribution in [3.8, 4) is 11.5 Å². The Morgan fingerprint density at radius 2 is 2.00 bits per heavy atom. The molecule has 0 radical (unpaired) electrons. The molecule has 1 atom stereocenters. The lowest BCUT2D eigenvalue weighted by Gasteiger charge is -2.15. The molecular formula is C16H24ClNO3. The fraction of sp³-hybridized carbons (Fsp3) is 0.562. The van der Waals surface area contributed by atoms with Gasteiger partial charge in [0.1, 0.15) is 0 Å². The third-order valence-corrected chi connectivity index (χ3v) is 3.59. The molecule has 0 aromatic heterocycles. The van der Waals surface area contributed by atoms with Crippen LogP contribution >= 0.6 is 11.6 Å². The summed E-state index contributed by atoms with van der Waals surface area (Å²) in [5, 5.41) is 3.34. The third-order valence-electron chi connectivity index (χ3n) is 3.31. The summed E-state index contributed by atoms with van der Waals surface area (Å²) < 4.78 is 10.4. The van der Waals surface area contributed by atoms with Gasteiger partial charge >= 0.3 is 0 Å². The van der Waals surface area contributed by atoms with Gasteiger partial charge in [-0.2, -0.15) is 0 Å². The molecule has 118 valence electrons. The number of hydrogen-bond donors (Lipinski definition) is 1. The molecule has 1 unspecified atom stereocenters. The summed E-state index contributed by atoms with van der Waals surface area (Å²) in [6, 6.07) is 3.37. The van der Waals surface area contributed by atoms with E-state index in [1.165, 1.54) is 27.1 Å². The van der Waals surface area contributed by atoms with Crippen molar-refractivity contribution in [2.75, 3.05) is 14.2 Å². The van der Waals surface area contributed by atoms with Crippen molar-refractivity contribution in [3.63, 3.8) is 0 Å². The molecule has 0 bridgehead atoms. The lowest BCUT2D eigenvalue weighted by atomic mass is 10.1. The highest BCUT2D eigenvalue weighted by Crippen LogP contribution is 2.35. The molecule has 4 nitrogen and oxygen atoms in total. The number of rotatable bonds is 8. The lowest BCUT2D eigenvalue weighted by molar-refractivity contribution is 0.0937. The van der Waals surface area contributed by atoms with E-state index in [4.69, 9.17) is 21.1 Å². The van der Waals surface area contributed by atoms with Crippen LogP contribution in [0.1, 0.15) is 49.9 Å². The standard InChI is InChI=1S/C16H24ClNO3/c1-5-6-7-8-11(2)18-16(19)12-9-13(17)15(21-4)14(10-12)20-3/h9-11H,5-8H2,1-4H3,(H,18,19). The molecule has 0 aliphatic carbocycles. The van der Waals surface area contributed by atoms with Crippen LogP contribution in [0.4, 0.5) is 0 Å². The minimum Gasteiger partial charge on any atom is -0.493 e. The first-order valence-electron chi connectivity index (χ1n) is 7.25. The molecule has 1 amide bonds. The molecule has 1 aromatic carbocycles. The largest absolute Gasteiger partial charge is 0.493 e. The maximum absolute atomic E-state index is 12.2. The van der Waals surface area contributed by atoms with Gasteiger partial charge in [0.25, 0.3) is 5.91 Å². The van der Waals surface area contributed by atoms with Crippen LogP contribution in [0.3, 0.4) is 0 Å². The van der Waals surface area contributed by atoms with Crippen molar-refractivity contribution in [3.05, 3.63) is 22.7 Å². The summed E-state index contributed by atoms with van der Waals surface area (Å²) in [5.74, 6) is 0.738. The molecule has 0 spiro atoms. The van der Waals surface area contributed by atoms with Gasteiger partial charge in [0.05, 0.1) is 19.2 Å². The van der Waals surface area contributed by atoms with E-state index in [2.05, 4.69) is 12.2 Å². The quantitative estimate of drug-likeness (QED) is 0.736. The Hall–Kier alpha value is -1.42. The molecule has 21 heavy (non-hydrogen) atoms. The van der Waals surface area contributed by atoms with E-state index < -0.39 is 0 Å². The highest BCUT2D eigenvalue weighted by molar-refractivity contribution is 6.32. The van der Waals surface area contributed by atoms with E-state index in [1.807, 2.05) is 6.92 Å². The van der Waals surface area contributed by atoms with Gasteiger partial charge in [0.15, 0.2) is 11.5 Å². The zero-order valence-corrected chi connectivity index (χ0v) is 13.9.